The van der Waals surface area contributed by atoms with Crippen molar-refractivity contribution in [1.29, 1.82) is 0 Å². The summed E-state index contributed by atoms with van der Waals surface area (Å²) in [4.78, 5) is 11.5. The number of benzene rings is 1. The van der Waals surface area contributed by atoms with Crippen molar-refractivity contribution in [2.24, 2.45) is 0 Å². The monoisotopic (exact) mass is 240 g/mol. The number of amides is 2. The lowest BCUT2D eigenvalue weighted by Crippen LogP contribution is -2.41. The Labute approximate surface area is 98.6 Å². The number of anilines is 1. The molecule has 4 nitrogen and oxygen atoms in total. The molecule has 1 aliphatic rings. The molecule has 1 aromatic rings. The predicted octanol–water partition coefficient (Wildman–Crippen LogP) is 2.72. The fourth-order valence-electron chi connectivity index (χ4n) is 1.50. The van der Waals surface area contributed by atoms with Crippen molar-refractivity contribution in [3.8, 4) is 5.75 Å². The zero-order chi connectivity index (χ0) is 11.5. The second kappa shape index (κ2) is 4.61. The largest absolute Gasteiger partial charge is 0.508 e. The number of phenolic OH excluding ortho intramolecular Hbond substituents is 1. The number of nitrogens with one attached hydrogen (secondary N) is 2. The molecule has 0 bridgehead atoms. The summed E-state index contributed by atoms with van der Waals surface area (Å²) in [5.74, 6) is 0.0787. The molecular formula is C11H13ClN2O2. The average molecular weight is 241 g/mol. The molecule has 0 radical (unpaired) electrons. The summed E-state index contributed by atoms with van der Waals surface area (Å²) in [6.07, 6.45) is 3.25. The van der Waals surface area contributed by atoms with Crippen LogP contribution in [0.1, 0.15) is 19.3 Å². The van der Waals surface area contributed by atoms with Gasteiger partial charge in [-0.3, -0.25) is 0 Å². The van der Waals surface area contributed by atoms with Gasteiger partial charge in [0.2, 0.25) is 0 Å². The Morgan fingerprint density at radius 3 is 2.75 bits per heavy atom. The van der Waals surface area contributed by atoms with Crippen LogP contribution in [0.4, 0.5) is 10.5 Å². The van der Waals surface area contributed by atoms with E-state index in [0.717, 1.165) is 12.8 Å². The Morgan fingerprint density at radius 1 is 1.44 bits per heavy atom. The first-order valence-electron chi connectivity index (χ1n) is 5.21. The summed E-state index contributed by atoms with van der Waals surface area (Å²) in [5, 5.41) is 15.0. The van der Waals surface area contributed by atoms with Crippen LogP contribution in [0.25, 0.3) is 0 Å². The minimum absolute atomic E-state index is 0.0787. The number of aromatic hydroxyl groups is 1. The van der Waals surface area contributed by atoms with Gasteiger partial charge in [0.15, 0.2) is 0 Å². The molecule has 2 rings (SSSR count). The third kappa shape index (κ3) is 2.58. The third-order valence-corrected chi connectivity index (χ3v) is 2.95. The van der Waals surface area contributed by atoms with Crippen molar-refractivity contribution in [3.05, 3.63) is 23.2 Å². The molecule has 0 atom stereocenters. The van der Waals surface area contributed by atoms with E-state index in [1.165, 1.54) is 18.6 Å². The maximum atomic E-state index is 11.5. The first kappa shape index (κ1) is 11.1. The summed E-state index contributed by atoms with van der Waals surface area (Å²) in [7, 11) is 0. The van der Waals surface area contributed by atoms with E-state index in [9.17, 15) is 4.79 Å². The van der Waals surface area contributed by atoms with Crippen molar-refractivity contribution < 1.29 is 9.90 Å². The zero-order valence-corrected chi connectivity index (χ0v) is 9.42. The molecule has 86 valence electrons. The highest BCUT2D eigenvalue weighted by Crippen LogP contribution is 2.26. The van der Waals surface area contributed by atoms with E-state index in [0.29, 0.717) is 10.7 Å². The molecule has 2 amide bonds. The van der Waals surface area contributed by atoms with E-state index in [2.05, 4.69) is 10.6 Å². The smallest absolute Gasteiger partial charge is 0.319 e. The summed E-state index contributed by atoms with van der Waals surface area (Å²) in [6, 6.07) is 4.47. The first-order chi connectivity index (χ1) is 7.65. The molecule has 0 heterocycles. The minimum atomic E-state index is -0.253. The highest BCUT2D eigenvalue weighted by molar-refractivity contribution is 6.33. The van der Waals surface area contributed by atoms with Crippen molar-refractivity contribution in [2.45, 2.75) is 25.3 Å². The summed E-state index contributed by atoms with van der Waals surface area (Å²) < 4.78 is 0. The van der Waals surface area contributed by atoms with Crippen LogP contribution in [-0.2, 0) is 0 Å². The van der Waals surface area contributed by atoms with Gasteiger partial charge in [-0.25, -0.2) is 4.79 Å². The molecule has 1 aliphatic carbocycles. The summed E-state index contributed by atoms with van der Waals surface area (Å²) in [5.41, 5.74) is 0.497. The van der Waals surface area contributed by atoms with E-state index in [-0.39, 0.29) is 17.8 Å². The van der Waals surface area contributed by atoms with Gasteiger partial charge in [-0.05, 0) is 31.4 Å². The summed E-state index contributed by atoms with van der Waals surface area (Å²) in [6.45, 7) is 0. The number of hydrogen-bond donors (Lipinski definition) is 3. The lowest BCUT2D eigenvalue weighted by molar-refractivity contribution is 0.240. The quantitative estimate of drug-likeness (QED) is 0.696. The Balaban J connectivity index is 1.94. The number of hydrogen-bond acceptors (Lipinski definition) is 2. The van der Waals surface area contributed by atoms with Gasteiger partial charge in [-0.1, -0.05) is 11.6 Å². The Kier molecular flexibility index (Phi) is 3.19. The molecule has 5 heteroatoms. The van der Waals surface area contributed by atoms with Crippen LogP contribution in [0.15, 0.2) is 18.2 Å². The molecule has 1 aromatic carbocycles. The normalized spacial score (nSPS) is 15.3. The highest BCUT2D eigenvalue weighted by Gasteiger charge is 2.19. The number of carbonyl (C=O) groups is 1. The maximum absolute atomic E-state index is 11.5. The fourth-order valence-corrected chi connectivity index (χ4v) is 1.72. The van der Waals surface area contributed by atoms with E-state index >= 15 is 0 Å². The van der Waals surface area contributed by atoms with Crippen LogP contribution in [-0.4, -0.2) is 17.2 Å². The molecule has 1 fully saturated rings. The SMILES string of the molecule is O=C(Nc1ccc(O)cc1Cl)NC1CCC1. The van der Waals surface area contributed by atoms with Gasteiger partial charge in [0, 0.05) is 12.1 Å². The lowest BCUT2D eigenvalue weighted by Gasteiger charge is -2.26. The third-order valence-electron chi connectivity index (χ3n) is 2.64. The second-order valence-electron chi connectivity index (χ2n) is 3.89. The predicted molar refractivity (Wildman–Crippen MR) is 62.9 cm³/mol. The highest BCUT2D eigenvalue weighted by atomic mass is 35.5. The number of carbonyl (C=O) groups excluding carboxylic acids is 1. The van der Waals surface area contributed by atoms with E-state index in [1.54, 1.807) is 6.07 Å². The van der Waals surface area contributed by atoms with Crippen molar-refractivity contribution in [1.82, 2.24) is 5.32 Å². The number of rotatable bonds is 2. The Bertz CT molecular complexity index is 405. The van der Waals surface area contributed by atoms with Crippen LogP contribution in [0.3, 0.4) is 0 Å². The van der Waals surface area contributed by atoms with Crippen molar-refractivity contribution in [2.75, 3.05) is 5.32 Å². The molecular weight excluding hydrogens is 228 g/mol. The second-order valence-corrected chi connectivity index (χ2v) is 4.30. The van der Waals surface area contributed by atoms with Crippen LogP contribution < -0.4 is 10.6 Å². The molecule has 1 saturated carbocycles. The van der Waals surface area contributed by atoms with Crippen LogP contribution in [0.2, 0.25) is 5.02 Å². The molecule has 3 N–H and O–H groups in total. The number of halogens is 1. The minimum Gasteiger partial charge on any atom is -0.508 e. The Morgan fingerprint density at radius 2 is 2.19 bits per heavy atom. The van der Waals surface area contributed by atoms with Gasteiger partial charge < -0.3 is 15.7 Å². The van der Waals surface area contributed by atoms with Crippen LogP contribution in [0.5, 0.6) is 5.75 Å². The van der Waals surface area contributed by atoms with E-state index < -0.39 is 0 Å². The van der Waals surface area contributed by atoms with Gasteiger partial charge in [0.25, 0.3) is 0 Å². The summed E-state index contributed by atoms with van der Waals surface area (Å²) >= 11 is 5.86. The molecule has 16 heavy (non-hydrogen) atoms. The molecule has 0 aliphatic heterocycles. The fraction of sp³-hybridized carbons (Fsp3) is 0.364. The average Bonchev–Trinajstić information content (AvgIpc) is 2.16. The van der Waals surface area contributed by atoms with Crippen LogP contribution >= 0.6 is 11.6 Å². The van der Waals surface area contributed by atoms with E-state index in [4.69, 9.17) is 16.7 Å². The standard InChI is InChI=1S/C11H13ClN2O2/c12-9-6-8(15)4-5-10(9)14-11(16)13-7-2-1-3-7/h4-7,15H,1-3H2,(H2,13,14,16). The molecule has 0 spiro atoms. The zero-order valence-electron chi connectivity index (χ0n) is 8.66. The number of urea groups is 1. The molecule has 0 unspecified atom stereocenters. The first-order valence-corrected chi connectivity index (χ1v) is 5.59. The van der Waals surface area contributed by atoms with Gasteiger partial charge in [0.1, 0.15) is 5.75 Å². The lowest BCUT2D eigenvalue weighted by atomic mass is 9.93. The van der Waals surface area contributed by atoms with Gasteiger partial charge in [-0.15, -0.1) is 0 Å². The number of phenols is 1. The molecule has 0 aromatic heterocycles. The van der Waals surface area contributed by atoms with Crippen molar-refractivity contribution >= 4 is 23.3 Å². The van der Waals surface area contributed by atoms with Crippen LogP contribution in [0, 0.1) is 0 Å². The topological polar surface area (TPSA) is 61.4 Å². The maximum Gasteiger partial charge on any atom is 0.319 e. The molecule has 0 saturated heterocycles. The van der Waals surface area contributed by atoms with Gasteiger partial charge in [-0.2, -0.15) is 0 Å². The van der Waals surface area contributed by atoms with Crippen molar-refractivity contribution in [3.63, 3.8) is 0 Å². The van der Waals surface area contributed by atoms with Gasteiger partial charge >= 0.3 is 6.03 Å². The van der Waals surface area contributed by atoms with E-state index in [1.807, 2.05) is 0 Å². The Hall–Kier alpha value is -1.42. The van der Waals surface area contributed by atoms with Gasteiger partial charge in [0.05, 0.1) is 10.7 Å².